The SMILES string of the molecule is Cc1nn(CCC(=O)N2CCN3CCC[C@@H]3C2)c(C)c1Br. The Bertz CT molecular complexity index is 542. The van der Waals surface area contributed by atoms with E-state index in [-0.39, 0.29) is 5.91 Å². The third-order valence-corrected chi connectivity index (χ3v) is 5.92. The van der Waals surface area contributed by atoms with E-state index < -0.39 is 0 Å². The van der Waals surface area contributed by atoms with Gasteiger partial charge in [-0.05, 0) is 49.2 Å². The van der Waals surface area contributed by atoms with Crippen LogP contribution in [0, 0.1) is 13.8 Å². The first-order chi connectivity index (χ1) is 10.1. The van der Waals surface area contributed by atoms with E-state index in [4.69, 9.17) is 0 Å². The summed E-state index contributed by atoms with van der Waals surface area (Å²) in [5.74, 6) is 0.269. The molecule has 3 heterocycles. The maximum Gasteiger partial charge on any atom is 0.224 e. The molecule has 0 aromatic carbocycles. The number of carbonyl (C=O) groups is 1. The van der Waals surface area contributed by atoms with Crippen LogP contribution in [0.3, 0.4) is 0 Å². The number of nitrogens with zero attached hydrogens (tertiary/aromatic N) is 4. The Balaban J connectivity index is 1.55. The third kappa shape index (κ3) is 3.01. The fourth-order valence-electron chi connectivity index (χ4n) is 3.47. The molecule has 0 radical (unpaired) electrons. The highest BCUT2D eigenvalue weighted by molar-refractivity contribution is 9.10. The number of carbonyl (C=O) groups excluding carboxylic acids is 1. The Morgan fingerprint density at radius 2 is 2.14 bits per heavy atom. The Kier molecular flexibility index (Phi) is 4.36. The van der Waals surface area contributed by atoms with Crippen LogP contribution in [0.4, 0.5) is 0 Å². The van der Waals surface area contributed by atoms with Crippen molar-refractivity contribution in [2.24, 2.45) is 0 Å². The van der Waals surface area contributed by atoms with Crippen molar-refractivity contribution in [1.82, 2.24) is 19.6 Å². The summed E-state index contributed by atoms with van der Waals surface area (Å²) >= 11 is 3.53. The Morgan fingerprint density at radius 3 is 2.86 bits per heavy atom. The van der Waals surface area contributed by atoms with E-state index in [0.29, 0.717) is 19.0 Å². The molecule has 1 amide bonds. The molecular weight excluding hydrogens is 332 g/mol. The number of rotatable bonds is 3. The average Bonchev–Trinajstić information content (AvgIpc) is 3.04. The zero-order chi connectivity index (χ0) is 15.0. The molecule has 2 fully saturated rings. The molecule has 0 saturated carbocycles. The van der Waals surface area contributed by atoms with Crippen molar-refractivity contribution in [3.05, 3.63) is 15.9 Å². The van der Waals surface area contributed by atoms with Crippen molar-refractivity contribution in [2.45, 2.75) is 45.7 Å². The molecule has 2 aliphatic heterocycles. The predicted molar refractivity (Wildman–Crippen MR) is 85.2 cm³/mol. The van der Waals surface area contributed by atoms with Crippen LogP contribution in [0.15, 0.2) is 4.47 Å². The third-order valence-electron chi connectivity index (χ3n) is 4.77. The van der Waals surface area contributed by atoms with Crippen LogP contribution in [-0.4, -0.2) is 57.7 Å². The van der Waals surface area contributed by atoms with E-state index in [1.54, 1.807) is 0 Å². The second-order valence-corrected chi connectivity index (χ2v) is 6.92. The lowest BCUT2D eigenvalue weighted by atomic mass is 10.1. The number of hydrogen-bond donors (Lipinski definition) is 0. The summed E-state index contributed by atoms with van der Waals surface area (Å²) in [6, 6.07) is 0.602. The van der Waals surface area contributed by atoms with Gasteiger partial charge >= 0.3 is 0 Å². The van der Waals surface area contributed by atoms with Crippen molar-refractivity contribution in [3.63, 3.8) is 0 Å². The number of hydrogen-bond acceptors (Lipinski definition) is 3. The highest BCUT2D eigenvalue weighted by Crippen LogP contribution is 2.22. The van der Waals surface area contributed by atoms with Gasteiger partial charge in [0, 0.05) is 37.8 Å². The van der Waals surface area contributed by atoms with Gasteiger partial charge in [0.05, 0.1) is 16.7 Å². The minimum Gasteiger partial charge on any atom is -0.340 e. The maximum atomic E-state index is 12.4. The number of aryl methyl sites for hydroxylation is 2. The Hall–Kier alpha value is -0.880. The standard InChI is InChI=1S/C15H23BrN4O/c1-11-15(16)12(2)20(17-11)7-5-14(21)19-9-8-18-6-3-4-13(18)10-19/h13H,3-10H2,1-2H3/t13-/m1/s1. The molecule has 6 heteroatoms. The summed E-state index contributed by atoms with van der Waals surface area (Å²) in [6.07, 6.45) is 3.07. The van der Waals surface area contributed by atoms with Crippen LogP contribution < -0.4 is 0 Å². The van der Waals surface area contributed by atoms with Gasteiger partial charge in [-0.15, -0.1) is 0 Å². The topological polar surface area (TPSA) is 41.4 Å². The van der Waals surface area contributed by atoms with E-state index >= 15 is 0 Å². The minimum atomic E-state index is 0.269. The second kappa shape index (κ2) is 6.08. The molecule has 116 valence electrons. The Labute approximate surface area is 134 Å². The van der Waals surface area contributed by atoms with Gasteiger partial charge in [-0.25, -0.2) is 0 Å². The summed E-state index contributed by atoms with van der Waals surface area (Å²) in [4.78, 5) is 17.0. The molecule has 2 aliphatic rings. The molecule has 3 rings (SSSR count). The van der Waals surface area contributed by atoms with Crippen molar-refractivity contribution in [2.75, 3.05) is 26.2 Å². The molecule has 1 aromatic heterocycles. The van der Waals surface area contributed by atoms with Crippen molar-refractivity contribution < 1.29 is 4.79 Å². The molecule has 1 aromatic rings. The molecule has 0 unspecified atom stereocenters. The highest BCUT2D eigenvalue weighted by atomic mass is 79.9. The fraction of sp³-hybridized carbons (Fsp3) is 0.733. The first kappa shape index (κ1) is 15.0. The second-order valence-electron chi connectivity index (χ2n) is 6.13. The first-order valence-electron chi connectivity index (χ1n) is 7.77. The largest absolute Gasteiger partial charge is 0.340 e. The summed E-state index contributed by atoms with van der Waals surface area (Å²) in [6.45, 7) is 8.74. The first-order valence-corrected chi connectivity index (χ1v) is 8.57. The quantitative estimate of drug-likeness (QED) is 0.832. The molecular formula is C15H23BrN4O. The molecule has 0 aliphatic carbocycles. The van der Waals surface area contributed by atoms with E-state index in [2.05, 4.69) is 25.9 Å². The zero-order valence-electron chi connectivity index (χ0n) is 12.8. The summed E-state index contributed by atoms with van der Waals surface area (Å²) in [7, 11) is 0. The monoisotopic (exact) mass is 354 g/mol. The van der Waals surface area contributed by atoms with Gasteiger partial charge in [-0.3, -0.25) is 14.4 Å². The van der Waals surface area contributed by atoms with Crippen LogP contribution in [0.2, 0.25) is 0 Å². The van der Waals surface area contributed by atoms with Gasteiger partial charge in [-0.2, -0.15) is 5.10 Å². The smallest absolute Gasteiger partial charge is 0.224 e. The predicted octanol–water partition coefficient (Wildman–Crippen LogP) is 1.96. The number of amides is 1. The zero-order valence-corrected chi connectivity index (χ0v) is 14.4. The van der Waals surface area contributed by atoms with Gasteiger partial charge < -0.3 is 4.90 Å². The molecule has 0 N–H and O–H groups in total. The lowest BCUT2D eigenvalue weighted by molar-refractivity contribution is -0.134. The van der Waals surface area contributed by atoms with Gasteiger partial charge in [0.25, 0.3) is 0 Å². The number of aromatic nitrogens is 2. The highest BCUT2D eigenvalue weighted by Gasteiger charge is 2.32. The molecule has 21 heavy (non-hydrogen) atoms. The van der Waals surface area contributed by atoms with Crippen molar-refractivity contribution in [1.29, 1.82) is 0 Å². The van der Waals surface area contributed by atoms with E-state index in [9.17, 15) is 4.79 Å². The van der Waals surface area contributed by atoms with Crippen LogP contribution >= 0.6 is 15.9 Å². The van der Waals surface area contributed by atoms with E-state index in [1.807, 2.05) is 23.4 Å². The van der Waals surface area contributed by atoms with E-state index in [0.717, 1.165) is 35.5 Å². The summed E-state index contributed by atoms with van der Waals surface area (Å²) in [5, 5.41) is 4.47. The summed E-state index contributed by atoms with van der Waals surface area (Å²) in [5.41, 5.74) is 2.08. The van der Waals surface area contributed by atoms with Gasteiger partial charge in [0.15, 0.2) is 0 Å². The average molecular weight is 355 g/mol. The van der Waals surface area contributed by atoms with Crippen molar-refractivity contribution >= 4 is 21.8 Å². The van der Waals surface area contributed by atoms with Gasteiger partial charge in [0.2, 0.25) is 5.91 Å². The van der Waals surface area contributed by atoms with Crippen molar-refractivity contribution in [3.8, 4) is 0 Å². The van der Waals surface area contributed by atoms with Crippen LogP contribution in [-0.2, 0) is 11.3 Å². The Morgan fingerprint density at radius 1 is 1.33 bits per heavy atom. The lowest BCUT2D eigenvalue weighted by Gasteiger charge is -2.37. The molecule has 0 spiro atoms. The van der Waals surface area contributed by atoms with Gasteiger partial charge in [0.1, 0.15) is 0 Å². The van der Waals surface area contributed by atoms with Gasteiger partial charge in [-0.1, -0.05) is 0 Å². The number of fused-ring (bicyclic) bond motifs is 1. The molecule has 0 bridgehead atoms. The molecule has 1 atom stereocenters. The summed E-state index contributed by atoms with van der Waals surface area (Å²) < 4.78 is 2.98. The molecule has 5 nitrogen and oxygen atoms in total. The number of halogens is 1. The fourth-order valence-corrected chi connectivity index (χ4v) is 3.75. The lowest BCUT2D eigenvalue weighted by Crippen LogP contribution is -2.52. The normalized spacial score (nSPS) is 22.6. The van der Waals surface area contributed by atoms with E-state index in [1.165, 1.54) is 19.4 Å². The minimum absolute atomic E-state index is 0.269. The molecule has 2 saturated heterocycles. The van der Waals surface area contributed by atoms with Crippen LogP contribution in [0.5, 0.6) is 0 Å². The van der Waals surface area contributed by atoms with Crippen LogP contribution in [0.25, 0.3) is 0 Å². The maximum absolute atomic E-state index is 12.4. The number of piperazine rings is 1. The van der Waals surface area contributed by atoms with Crippen LogP contribution in [0.1, 0.15) is 30.7 Å².